The number of hydrogen-bond donors (Lipinski definition) is 1. The maximum Gasteiger partial charge on any atom is 0.376 e. The number of thiol groups is 1. The van der Waals surface area contributed by atoms with Crippen molar-refractivity contribution in [2.24, 2.45) is 0 Å². The van der Waals surface area contributed by atoms with Crippen LogP contribution in [0.2, 0.25) is 0 Å². The molecular weight excluding hydrogens is 325 g/mol. The van der Waals surface area contributed by atoms with Gasteiger partial charge >= 0.3 is 2.43 Å². The van der Waals surface area contributed by atoms with Crippen LogP contribution in [-0.4, -0.2) is 7.44 Å². The van der Waals surface area contributed by atoms with E-state index in [4.69, 9.17) is 0 Å². The van der Waals surface area contributed by atoms with Gasteiger partial charge in [-0.1, -0.05) is 0 Å². The maximum absolute atomic E-state index is 9.99. The SMILES string of the molecule is O=C(S)B(I)I. The molecule has 0 rings (SSSR count). The smallest absolute Gasteiger partial charge is 0.297 e. The van der Waals surface area contributed by atoms with E-state index in [2.05, 4.69) is 12.6 Å². The summed E-state index contributed by atoms with van der Waals surface area (Å²) in [6.45, 7) is 0. The van der Waals surface area contributed by atoms with E-state index in [0.29, 0.717) is 0 Å². The highest BCUT2D eigenvalue weighted by Gasteiger charge is 2.09. The van der Waals surface area contributed by atoms with Crippen molar-refractivity contribution in [2.75, 3.05) is 0 Å². The molecule has 5 heteroatoms. The summed E-state index contributed by atoms with van der Waals surface area (Å²) in [6, 6.07) is 0. The summed E-state index contributed by atoms with van der Waals surface area (Å²) in [5.74, 6) is 0. The molecule has 0 atom stereocenters. The van der Waals surface area contributed by atoms with Crippen LogP contribution in [0.1, 0.15) is 0 Å². The van der Waals surface area contributed by atoms with Crippen molar-refractivity contribution < 1.29 is 4.79 Å². The molecule has 0 aliphatic heterocycles. The van der Waals surface area contributed by atoms with Gasteiger partial charge in [-0.3, -0.25) is 4.79 Å². The van der Waals surface area contributed by atoms with Gasteiger partial charge in [-0.25, -0.2) is 0 Å². The fourth-order valence-electron chi connectivity index (χ4n) is 0. The minimum atomic E-state index is -0.0730. The molecule has 0 aromatic carbocycles. The first-order valence-corrected chi connectivity index (χ1v) is 4.09. The molecule has 1 nitrogen and oxygen atoms in total. The van der Waals surface area contributed by atoms with E-state index in [1.807, 2.05) is 44.7 Å². The largest absolute Gasteiger partial charge is 0.376 e. The van der Waals surface area contributed by atoms with Gasteiger partial charge in [0.1, 0.15) is 0 Å². The monoisotopic (exact) mass is 326 g/mol. The van der Waals surface area contributed by atoms with E-state index in [1.165, 1.54) is 0 Å². The van der Waals surface area contributed by atoms with Crippen LogP contribution in [0, 0.1) is 0 Å². The lowest BCUT2D eigenvalue weighted by atomic mass is 10.2. The molecule has 34 valence electrons. The van der Waals surface area contributed by atoms with Gasteiger partial charge in [-0.05, 0) is 0 Å². The van der Waals surface area contributed by atoms with Crippen molar-refractivity contribution in [2.45, 2.75) is 0 Å². The molecule has 0 heterocycles. The molecule has 0 amide bonds. The van der Waals surface area contributed by atoms with Crippen molar-refractivity contribution in [3.05, 3.63) is 0 Å². The summed E-state index contributed by atoms with van der Waals surface area (Å²) in [5.41, 5.74) is 0. The number of hydrogen-bond acceptors (Lipinski definition) is 1. The molecule has 6 heavy (non-hydrogen) atoms. The summed E-state index contributed by atoms with van der Waals surface area (Å²) < 4.78 is 0.0172. The van der Waals surface area contributed by atoms with E-state index >= 15 is 0 Å². The molecule has 0 fully saturated rings. The van der Waals surface area contributed by atoms with Crippen LogP contribution in [0.4, 0.5) is 4.79 Å². The second-order valence-electron chi connectivity index (χ2n) is 0.639. The van der Waals surface area contributed by atoms with Crippen LogP contribution in [0.15, 0.2) is 0 Å². The molecule has 0 unspecified atom stereocenters. The van der Waals surface area contributed by atoms with Gasteiger partial charge in [0.25, 0.3) is 0 Å². The van der Waals surface area contributed by atoms with Gasteiger partial charge < -0.3 is 0 Å². The summed E-state index contributed by atoms with van der Waals surface area (Å²) in [7, 11) is 0. The zero-order chi connectivity index (χ0) is 5.15. The molecule has 0 aliphatic rings. The van der Waals surface area contributed by atoms with E-state index in [0.717, 1.165) is 0 Å². The standard InChI is InChI=1S/CHBI2OS/c3-2(4)1(5)6/h(H,5,6). The Morgan fingerprint density at radius 1 is 1.67 bits per heavy atom. The Balaban J connectivity index is 3.26. The lowest BCUT2D eigenvalue weighted by molar-refractivity contribution is 0.276. The number of halogens is 2. The molecule has 0 bridgehead atoms. The molecule has 0 N–H and O–H groups in total. The minimum absolute atomic E-state index is 0.0172. The summed E-state index contributed by atoms with van der Waals surface area (Å²) >= 11 is 7.53. The Bertz CT molecular complexity index is 64.6. The van der Waals surface area contributed by atoms with E-state index in [1.54, 1.807) is 0 Å². The van der Waals surface area contributed by atoms with Crippen LogP contribution in [0.25, 0.3) is 0 Å². The first-order valence-electron chi connectivity index (χ1n) is 1.15. The quantitative estimate of drug-likeness (QED) is 0.443. The van der Waals surface area contributed by atoms with Crippen molar-refractivity contribution in [3.63, 3.8) is 0 Å². The van der Waals surface area contributed by atoms with Gasteiger partial charge in [0.2, 0.25) is 0 Å². The molecule has 0 aromatic heterocycles. The fraction of sp³-hybridized carbons (Fsp3) is 0. The number of carbonyl (C=O) groups excluding carboxylic acids is 1. The topological polar surface area (TPSA) is 17.1 Å². The van der Waals surface area contributed by atoms with Crippen molar-refractivity contribution in [1.29, 1.82) is 0 Å². The van der Waals surface area contributed by atoms with Gasteiger partial charge in [0.15, 0.2) is 5.01 Å². The third-order valence-corrected chi connectivity index (χ3v) is 2.56. The van der Waals surface area contributed by atoms with Crippen molar-refractivity contribution >= 4 is 64.8 Å². The molecule has 0 aromatic rings. The van der Waals surface area contributed by atoms with E-state index in [-0.39, 0.29) is 7.44 Å². The molecule has 0 spiro atoms. The fourth-order valence-corrected chi connectivity index (χ4v) is 0. The van der Waals surface area contributed by atoms with Gasteiger partial charge in [0, 0.05) is 0 Å². The van der Waals surface area contributed by atoms with Crippen LogP contribution in [-0.2, 0) is 0 Å². The van der Waals surface area contributed by atoms with Crippen LogP contribution >= 0.6 is 57.4 Å². The van der Waals surface area contributed by atoms with Crippen LogP contribution in [0.3, 0.4) is 0 Å². The number of carbonyl (C=O) groups is 1. The maximum atomic E-state index is 9.99. The van der Waals surface area contributed by atoms with E-state index in [9.17, 15) is 4.79 Å². The third kappa shape index (κ3) is 3.73. The predicted octanol–water partition coefficient (Wildman–Crippen LogP) is 1.98. The second-order valence-corrected chi connectivity index (χ2v) is 5.95. The summed E-state index contributed by atoms with van der Waals surface area (Å²) in [6.07, 6.45) is 0. The Morgan fingerprint density at radius 3 is 1.83 bits per heavy atom. The summed E-state index contributed by atoms with van der Waals surface area (Å²) in [5, 5.41) is -0.0730. The minimum Gasteiger partial charge on any atom is -0.297 e. The molecule has 0 saturated carbocycles. The highest BCUT2D eigenvalue weighted by Crippen LogP contribution is 2.07. The summed E-state index contributed by atoms with van der Waals surface area (Å²) in [4.78, 5) is 9.99. The predicted molar refractivity (Wildman–Crippen MR) is 48.2 cm³/mol. The molecule has 0 radical (unpaired) electrons. The van der Waals surface area contributed by atoms with Crippen molar-refractivity contribution in [3.8, 4) is 0 Å². The Hall–Kier alpha value is 1.54. The van der Waals surface area contributed by atoms with Crippen molar-refractivity contribution in [1.82, 2.24) is 0 Å². The molecule has 0 aliphatic carbocycles. The van der Waals surface area contributed by atoms with Gasteiger partial charge in [0.05, 0.1) is 0 Å². The zero-order valence-electron chi connectivity index (χ0n) is 2.69. The average Bonchev–Trinajstić information content (AvgIpc) is 1.36. The zero-order valence-corrected chi connectivity index (χ0v) is 7.90. The van der Waals surface area contributed by atoms with Gasteiger partial charge in [-0.15, -0.1) is 57.4 Å². The van der Waals surface area contributed by atoms with Crippen LogP contribution < -0.4 is 0 Å². The molecule has 0 saturated heterocycles. The Labute approximate surface area is 68.9 Å². The highest BCUT2D eigenvalue weighted by molar-refractivity contribution is 14.3. The highest BCUT2D eigenvalue weighted by atomic mass is 127. The lowest BCUT2D eigenvalue weighted by Crippen LogP contribution is -1.98. The second kappa shape index (κ2) is 3.53. The average molecular weight is 326 g/mol. The Morgan fingerprint density at radius 2 is 1.83 bits per heavy atom. The Kier molecular flexibility index (Phi) is 4.45. The normalized spacial score (nSPS) is 7.83. The van der Waals surface area contributed by atoms with Gasteiger partial charge in [-0.2, -0.15) is 0 Å². The van der Waals surface area contributed by atoms with E-state index < -0.39 is 0 Å². The molecular formula is CHBI2OS. The first-order chi connectivity index (χ1) is 2.64. The lowest BCUT2D eigenvalue weighted by Gasteiger charge is -1.79. The first kappa shape index (κ1) is 7.54. The third-order valence-electron chi connectivity index (χ3n) is 0.187. The van der Waals surface area contributed by atoms with Crippen LogP contribution in [0.5, 0.6) is 0 Å². The number of rotatable bonds is 1.